The standard InChI is InChI=1S/C17H20N2O4S/c1-11-4-6-13(19-10-17(18)20)15(8-11)24(21,22)16-9-12(2)5-7-14(16)23-3/h4-9,19H,10H2,1-3H3,(H2,18,20). The van der Waals surface area contributed by atoms with Gasteiger partial charge in [0, 0.05) is 0 Å². The van der Waals surface area contributed by atoms with Crippen LogP contribution in [0.1, 0.15) is 11.1 Å². The SMILES string of the molecule is COc1ccc(C)cc1S(=O)(=O)c1cc(C)ccc1NCC(N)=O. The van der Waals surface area contributed by atoms with Gasteiger partial charge in [-0.1, -0.05) is 12.1 Å². The molecule has 0 fully saturated rings. The Morgan fingerprint density at radius 3 is 2.25 bits per heavy atom. The van der Waals surface area contributed by atoms with E-state index in [0.29, 0.717) is 5.69 Å². The van der Waals surface area contributed by atoms with Gasteiger partial charge in [-0.25, -0.2) is 8.42 Å². The number of ether oxygens (including phenoxy) is 1. The molecule has 0 aliphatic heterocycles. The Bertz CT molecular complexity index is 876. The fourth-order valence-electron chi connectivity index (χ4n) is 2.29. The number of aryl methyl sites for hydroxylation is 2. The lowest BCUT2D eigenvalue weighted by Crippen LogP contribution is -2.22. The van der Waals surface area contributed by atoms with Gasteiger partial charge in [0.1, 0.15) is 10.6 Å². The van der Waals surface area contributed by atoms with Crippen LogP contribution in [0.25, 0.3) is 0 Å². The van der Waals surface area contributed by atoms with E-state index in [-0.39, 0.29) is 22.1 Å². The van der Waals surface area contributed by atoms with Gasteiger partial charge < -0.3 is 15.8 Å². The molecule has 0 bridgehead atoms. The van der Waals surface area contributed by atoms with E-state index >= 15 is 0 Å². The molecule has 0 saturated heterocycles. The molecular formula is C17H20N2O4S. The number of anilines is 1. The average molecular weight is 348 g/mol. The number of hydrogen-bond acceptors (Lipinski definition) is 5. The molecule has 128 valence electrons. The Kier molecular flexibility index (Phi) is 5.14. The first-order valence-corrected chi connectivity index (χ1v) is 8.76. The van der Waals surface area contributed by atoms with Crippen LogP contribution in [0.2, 0.25) is 0 Å². The molecule has 2 aromatic rings. The lowest BCUT2D eigenvalue weighted by molar-refractivity contribution is -0.116. The number of nitrogens with two attached hydrogens (primary N) is 1. The Morgan fingerprint density at radius 2 is 1.67 bits per heavy atom. The van der Waals surface area contributed by atoms with Crippen LogP contribution in [0.4, 0.5) is 5.69 Å². The van der Waals surface area contributed by atoms with Crippen molar-refractivity contribution in [3.63, 3.8) is 0 Å². The first-order valence-electron chi connectivity index (χ1n) is 7.28. The number of benzene rings is 2. The van der Waals surface area contributed by atoms with Crippen LogP contribution in [0.5, 0.6) is 5.75 Å². The minimum Gasteiger partial charge on any atom is -0.495 e. The highest BCUT2D eigenvalue weighted by Crippen LogP contribution is 2.34. The number of primary amides is 1. The Labute approximate surface area is 141 Å². The Balaban J connectivity index is 2.63. The summed E-state index contributed by atoms with van der Waals surface area (Å²) in [5.41, 5.74) is 7.04. The number of carbonyl (C=O) groups excluding carboxylic acids is 1. The summed E-state index contributed by atoms with van der Waals surface area (Å²) in [7, 11) is -2.42. The van der Waals surface area contributed by atoms with E-state index in [9.17, 15) is 13.2 Å². The second kappa shape index (κ2) is 6.92. The highest BCUT2D eigenvalue weighted by Gasteiger charge is 2.25. The maximum Gasteiger partial charge on any atom is 0.236 e. The summed E-state index contributed by atoms with van der Waals surface area (Å²) in [6.45, 7) is 3.45. The zero-order valence-electron chi connectivity index (χ0n) is 13.8. The lowest BCUT2D eigenvalue weighted by Gasteiger charge is -2.15. The first-order chi connectivity index (χ1) is 11.3. The van der Waals surface area contributed by atoms with Gasteiger partial charge in [-0.3, -0.25) is 4.79 Å². The fourth-order valence-corrected chi connectivity index (χ4v) is 4.06. The summed E-state index contributed by atoms with van der Waals surface area (Å²) in [5.74, 6) is -0.310. The third kappa shape index (κ3) is 3.68. The number of carbonyl (C=O) groups is 1. The van der Waals surface area contributed by atoms with Crippen molar-refractivity contribution in [2.75, 3.05) is 19.0 Å². The van der Waals surface area contributed by atoms with E-state index in [1.54, 1.807) is 50.2 Å². The number of rotatable bonds is 6. The quantitative estimate of drug-likeness (QED) is 0.832. The summed E-state index contributed by atoms with van der Waals surface area (Å²) < 4.78 is 31.5. The lowest BCUT2D eigenvalue weighted by atomic mass is 10.2. The highest BCUT2D eigenvalue weighted by atomic mass is 32.2. The number of sulfone groups is 1. The summed E-state index contributed by atoms with van der Waals surface area (Å²) in [5, 5.41) is 2.77. The third-order valence-corrected chi connectivity index (χ3v) is 5.30. The zero-order chi connectivity index (χ0) is 17.9. The summed E-state index contributed by atoms with van der Waals surface area (Å²) in [4.78, 5) is 11.2. The van der Waals surface area contributed by atoms with Crippen molar-refractivity contribution in [1.82, 2.24) is 0 Å². The largest absolute Gasteiger partial charge is 0.495 e. The molecule has 0 aliphatic rings. The molecule has 0 heterocycles. The summed E-state index contributed by atoms with van der Waals surface area (Å²) >= 11 is 0. The van der Waals surface area contributed by atoms with Crippen molar-refractivity contribution in [1.29, 1.82) is 0 Å². The molecule has 0 saturated carbocycles. The van der Waals surface area contributed by atoms with Crippen LogP contribution in [0.3, 0.4) is 0 Å². The first kappa shape index (κ1) is 17.8. The molecule has 0 spiro atoms. The number of methoxy groups -OCH3 is 1. The normalized spacial score (nSPS) is 11.1. The van der Waals surface area contributed by atoms with Crippen molar-refractivity contribution in [3.8, 4) is 5.75 Å². The van der Waals surface area contributed by atoms with E-state index in [0.717, 1.165) is 11.1 Å². The van der Waals surface area contributed by atoms with Gasteiger partial charge >= 0.3 is 0 Å². The molecule has 1 amide bonds. The van der Waals surface area contributed by atoms with Crippen molar-refractivity contribution in [2.45, 2.75) is 23.6 Å². The minimum atomic E-state index is -3.84. The van der Waals surface area contributed by atoms with E-state index in [1.807, 2.05) is 0 Å². The Morgan fingerprint density at radius 1 is 1.08 bits per heavy atom. The van der Waals surface area contributed by atoms with Crippen LogP contribution in [0, 0.1) is 13.8 Å². The van der Waals surface area contributed by atoms with Crippen molar-refractivity contribution >= 4 is 21.4 Å². The van der Waals surface area contributed by atoms with E-state index in [4.69, 9.17) is 10.5 Å². The van der Waals surface area contributed by atoms with E-state index in [2.05, 4.69) is 5.32 Å². The minimum absolute atomic E-state index is 0.0765. The molecule has 0 aromatic heterocycles. The van der Waals surface area contributed by atoms with Crippen molar-refractivity contribution in [2.24, 2.45) is 5.73 Å². The second-order valence-electron chi connectivity index (χ2n) is 5.48. The molecular weight excluding hydrogens is 328 g/mol. The molecule has 2 aromatic carbocycles. The molecule has 0 atom stereocenters. The molecule has 0 radical (unpaired) electrons. The molecule has 7 heteroatoms. The van der Waals surface area contributed by atoms with Gasteiger partial charge in [0.05, 0.1) is 24.2 Å². The molecule has 6 nitrogen and oxygen atoms in total. The van der Waals surface area contributed by atoms with E-state index in [1.165, 1.54) is 7.11 Å². The molecule has 2 rings (SSSR count). The van der Waals surface area contributed by atoms with Crippen LogP contribution in [0.15, 0.2) is 46.2 Å². The van der Waals surface area contributed by atoms with Crippen molar-refractivity contribution in [3.05, 3.63) is 47.5 Å². The van der Waals surface area contributed by atoms with Crippen molar-refractivity contribution < 1.29 is 17.9 Å². The molecule has 0 aliphatic carbocycles. The maximum atomic E-state index is 13.1. The highest BCUT2D eigenvalue weighted by molar-refractivity contribution is 7.91. The molecule has 3 N–H and O–H groups in total. The maximum absolute atomic E-state index is 13.1. The van der Waals surface area contributed by atoms with Gasteiger partial charge in [0.25, 0.3) is 0 Å². The predicted octanol–water partition coefficient (Wildman–Crippen LogP) is 2.04. The van der Waals surface area contributed by atoms with Gasteiger partial charge in [-0.05, 0) is 49.2 Å². The monoisotopic (exact) mass is 348 g/mol. The van der Waals surface area contributed by atoms with Crippen LogP contribution < -0.4 is 15.8 Å². The van der Waals surface area contributed by atoms with Gasteiger partial charge in [-0.15, -0.1) is 0 Å². The van der Waals surface area contributed by atoms with Gasteiger partial charge in [-0.2, -0.15) is 0 Å². The smallest absolute Gasteiger partial charge is 0.236 e. The number of amides is 1. The van der Waals surface area contributed by atoms with Gasteiger partial charge in [0.15, 0.2) is 0 Å². The predicted molar refractivity (Wildman–Crippen MR) is 92.0 cm³/mol. The van der Waals surface area contributed by atoms with Gasteiger partial charge in [0.2, 0.25) is 15.7 Å². The fraction of sp³-hybridized carbons (Fsp3) is 0.235. The Hall–Kier alpha value is -2.54. The molecule has 24 heavy (non-hydrogen) atoms. The number of hydrogen-bond donors (Lipinski definition) is 2. The second-order valence-corrected chi connectivity index (χ2v) is 7.36. The zero-order valence-corrected chi connectivity index (χ0v) is 14.6. The average Bonchev–Trinajstić information content (AvgIpc) is 2.53. The number of nitrogens with one attached hydrogen (secondary N) is 1. The molecule has 0 unspecified atom stereocenters. The van der Waals surface area contributed by atoms with Crippen LogP contribution in [-0.4, -0.2) is 28.0 Å². The summed E-state index contributed by atoms with van der Waals surface area (Å²) in [6, 6.07) is 9.90. The van der Waals surface area contributed by atoms with E-state index < -0.39 is 15.7 Å². The summed E-state index contributed by atoms with van der Waals surface area (Å²) in [6.07, 6.45) is 0. The topological polar surface area (TPSA) is 98.5 Å². The van der Waals surface area contributed by atoms with Crippen LogP contribution >= 0.6 is 0 Å². The third-order valence-electron chi connectivity index (χ3n) is 3.49. The van der Waals surface area contributed by atoms with Crippen LogP contribution in [-0.2, 0) is 14.6 Å².